The molecule has 0 saturated heterocycles. The highest BCUT2D eigenvalue weighted by atomic mass is 16.5. The standard InChI is InChI=1S/C22H24N4O2/c27-22(16-28-19-10-2-1-3-11-19)24-15-17-14-21(20-12-6-7-13-23-20)26(25-17)18-8-4-5-9-18/h1-3,6-7,10-14,18H,4-5,8-9,15-16H2,(H,24,27). The van der Waals surface area contributed by atoms with E-state index < -0.39 is 0 Å². The van der Waals surface area contributed by atoms with E-state index in [-0.39, 0.29) is 12.5 Å². The molecule has 144 valence electrons. The van der Waals surface area contributed by atoms with E-state index in [9.17, 15) is 4.79 Å². The van der Waals surface area contributed by atoms with Crippen molar-refractivity contribution >= 4 is 5.91 Å². The minimum absolute atomic E-state index is 0.0134. The molecule has 1 aromatic carbocycles. The van der Waals surface area contributed by atoms with Gasteiger partial charge in [0.05, 0.1) is 29.7 Å². The molecule has 1 N–H and O–H groups in total. The number of nitrogens with zero attached hydrogens (tertiary/aromatic N) is 3. The molecular formula is C22H24N4O2. The zero-order chi connectivity index (χ0) is 19.2. The fourth-order valence-electron chi connectivity index (χ4n) is 3.57. The fraction of sp³-hybridized carbons (Fsp3) is 0.318. The summed E-state index contributed by atoms with van der Waals surface area (Å²) in [7, 11) is 0. The average molecular weight is 376 g/mol. The molecule has 6 heteroatoms. The molecule has 2 heterocycles. The van der Waals surface area contributed by atoms with E-state index in [1.165, 1.54) is 12.8 Å². The zero-order valence-electron chi connectivity index (χ0n) is 15.8. The molecule has 6 nitrogen and oxygen atoms in total. The van der Waals surface area contributed by atoms with E-state index in [0.29, 0.717) is 18.3 Å². The first-order valence-corrected chi connectivity index (χ1v) is 9.74. The summed E-state index contributed by atoms with van der Waals surface area (Å²) in [4.78, 5) is 16.6. The maximum Gasteiger partial charge on any atom is 0.258 e. The number of aromatic nitrogens is 3. The highest BCUT2D eigenvalue weighted by molar-refractivity contribution is 5.77. The van der Waals surface area contributed by atoms with Crippen molar-refractivity contribution in [2.45, 2.75) is 38.3 Å². The first-order chi connectivity index (χ1) is 13.8. The number of carbonyl (C=O) groups excluding carboxylic acids is 1. The van der Waals surface area contributed by atoms with Crippen molar-refractivity contribution in [1.29, 1.82) is 0 Å². The molecule has 0 unspecified atom stereocenters. The lowest BCUT2D eigenvalue weighted by molar-refractivity contribution is -0.123. The summed E-state index contributed by atoms with van der Waals surface area (Å²) in [5.74, 6) is 0.513. The SMILES string of the molecule is O=C(COc1ccccc1)NCc1cc(-c2ccccn2)n(C2CCCC2)n1. The van der Waals surface area contributed by atoms with Gasteiger partial charge in [-0.15, -0.1) is 0 Å². The molecule has 28 heavy (non-hydrogen) atoms. The number of rotatable bonds is 7. The predicted octanol–water partition coefficient (Wildman–Crippen LogP) is 3.76. The molecular weight excluding hydrogens is 352 g/mol. The maximum absolute atomic E-state index is 12.1. The van der Waals surface area contributed by atoms with Crippen molar-refractivity contribution in [2.24, 2.45) is 0 Å². The summed E-state index contributed by atoms with van der Waals surface area (Å²) in [5, 5.41) is 7.67. The van der Waals surface area contributed by atoms with E-state index in [4.69, 9.17) is 9.84 Å². The van der Waals surface area contributed by atoms with Gasteiger partial charge in [-0.05, 0) is 43.2 Å². The van der Waals surface area contributed by atoms with Gasteiger partial charge in [0.25, 0.3) is 5.91 Å². The molecule has 1 fully saturated rings. The second-order valence-corrected chi connectivity index (χ2v) is 7.00. The van der Waals surface area contributed by atoms with Gasteiger partial charge in [0, 0.05) is 6.20 Å². The number of nitrogens with one attached hydrogen (secondary N) is 1. The number of hydrogen-bond acceptors (Lipinski definition) is 4. The number of hydrogen-bond donors (Lipinski definition) is 1. The maximum atomic E-state index is 12.1. The number of ether oxygens (including phenoxy) is 1. The van der Waals surface area contributed by atoms with Crippen molar-refractivity contribution in [3.05, 3.63) is 66.5 Å². The van der Waals surface area contributed by atoms with Crippen LogP contribution in [-0.2, 0) is 11.3 Å². The van der Waals surface area contributed by atoms with E-state index in [1.54, 1.807) is 6.20 Å². The van der Waals surface area contributed by atoms with Gasteiger partial charge >= 0.3 is 0 Å². The third-order valence-corrected chi connectivity index (χ3v) is 4.96. The smallest absolute Gasteiger partial charge is 0.258 e. The number of pyridine rings is 1. The summed E-state index contributed by atoms with van der Waals surface area (Å²) in [5.41, 5.74) is 2.75. The predicted molar refractivity (Wildman–Crippen MR) is 107 cm³/mol. The lowest BCUT2D eigenvalue weighted by atomic mass is 10.2. The van der Waals surface area contributed by atoms with Crippen LogP contribution in [0.5, 0.6) is 5.75 Å². The van der Waals surface area contributed by atoms with Crippen molar-refractivity contribution < 1.29 is 9.53 Å². The third-order valence-electron chi connectivity index (χ3n) is 4.96. The van der Waals surface area contributed by atoms with E-state index in [0.717, 1.165) is 29.9 Å². The second kappa shape index (κ2) is 8.69. The van der Waals surface area contributed by atoms with Crippen molar-refractivity contribution in [3.8, 4) is 17.1 Å². The Labute approximate surface area is 164 Å². The quantitative estimate of drug-likeness (QED) is 0.682. The highest BCUT2D eigenvalue weighted by Crippen LogP contribution is 2.33. The van der Waals surface area contributed by atoms with Gasteiger partial charge in [-0.25, -0.2) is 0 Å². The Kier molecular flexibility index (Phi) is 5.66. The van der Waals surface area contributed by atoms with Gasteiger partial charge in [0.1, 0.15) is 5.75 Å². The van der Waals surface area contributed by atoms with Crippen LogP contribution in [0.25, 0.3) is 11.4 Å². The summed E-state index contributed by atoms with van der Waals surface area (Å²) < 4.78 is 7.58. The highest BCUT2D eigenvalue weighted by Gasteiger charge is 2.22. The Bertz CT molecular complexity index is 903. The van der Waals surface area contributed by atoms with Crippen LogP contribution in [-0.4, -0.2) is 27.3 Å². The van der Waals surface area contributed by atoms with Crippen molar-refractivity contribution in [3.63, 3.8) is 0 Å². The molecule has 0 spiro atoms. The van der Waals surface area contributed by atoms with E-state index in [2.05, 4.69) is 15.0 Å². The normalized spacial score (nSPS) is 14.1. The third kappa shape index (κ3) is 4.39. The fourth-order valence-corrected chi connectivity index (χ4v) is 3.57. The van der Waals surface area contributed by atoms with Crippen LogP contribution in [0.1, 0.15) is 37.4 Å². The van der Waals surface area contributed by atoms with E-state index in [1.807, 2.05) is 54.6 Å². The topological polar surface area (TPSA) is 69.0 Å². The van der Waals surface area contributed by atoms with Crippen LogP contribution >= 0.6 is 0 Å². The number of para-hydroxylation sites is 1. The van der Waals surface area contributed by atoms with Crippen molar-refractivity contribution in [2.75, 3.05) is 6.61 Å². The number of amides is 1. The largest absolute Gasteiger partial charge is 0.484 e. The summed E-state index contributed by atoms with van der Waals surface area (Å²) >= 11 is 0. The molecule has 2 aromatic heterocycles. The molecule has 4 rings (SSSR count). The first kappa shape index (κ1) is 18.2. The lowest BCUT2D eigenvalue weighted by Crippen LogP contribution is -2.28. The van der Waals surface area contributed by atoms with Gasteiger partial charge in [-0.3, -0.25) is 14.5 Å². The van der Waals surface area contributed by atoms with Crippen LogP contribution < -0.4 is 10.1 Å². The molecule has 0 aliphatic heterocycles. The van der Waals surface area contributed by atoms with Gasteiger partial charge < -0.3 is 10.1 Å². The van der Waals surface area contributed by atoms with Gasteiger partial charge in [-0.2, -0.15) is 5.10 Å². The minimum Gasteiger partial charge on any atom is -0.484 e. The average Bonchev–Trinajstić information content (AvgIpc) is 3.42. The number of benzene rings is 1. The zero-order valence-corrected chi connectivity index (χ0v) is 15.8. The molecule has 3 aromatic rings. The van der Waals surface area contributed by atoms with Gasteiger partial charge in [-0.1, -0.05) is 37.1 Å². The molecule has 1 aliphatic rings. The molecule has 1 aliphatic carbocycles. The van der Waals surface area contributed by atoms with Crippen molar-refractivity contribution in [1.82, 2.24) is 20.1 Å². The lowest BCUT2D eigenvalue weighted by Gasteiger charge is -2.13. The Morgan fingerprint density at radius 1 is 1.11 bits per heavy atom. The first-order valence-electron chi connectivity index (χ1n) is 9.74. The molecule has 1 amide bonds. The van der Waals surface area contributed by atoms with Gasteiger partial charge in [0.15, 0.2) is 6.61 Å². The monoisotopic (exact) mass is 376 g/mol. The molecule has 1 saturated carbocycles. The Morgan fingerprint density at radius 2 is 1.89 bits per heavy atom. The van der Waals surface area contributed by atoms with Crippen LogP contribution in [0.15, 0.2) is 60.8 Å². The summed E-state index contributed by atoms with van der Waals surface area (Å²) in [6.07, 6.45) is 6.53. The summed E-state index contributed by atoms with van der Waals surface area (Å²) in [6, 6.07) is 17.6. The second-order valence-electron chi connectivity index (χ2n) is 7.00. The van der Waals surface area contributed by atoms with Crippen LogP contribution in [0.3, 0.4) is 0 Å². The Hall–Kier alpha value is -3.15. The number of carbonyl (C=O) groups is 1. The Morgan fingerprint density at radius 3 is 2.64 bits per heavy atom. The Balaban J connectivity index is 1.42. The van der Waals surface area contributed by atoms with Gasteiger partial charge in [0.2, 0.25) is 0 Å². The molecule has 0 bridgehead atoms. The minimum atomic E-state index is -0.168. The molecule has 0 radical (unpaired) electrons. The molecule has 0 atom stereocenters. The van der Waals surface area contributed by atoms with E-state index >= 15 is 0 Å². The van der Waals surface area contributed by atoms with Crippen LogP contribution in [0, 0.1) is 0 Å². The van der Waals surface area contributed by atoms with Crippen LogP contribution in [0.2, 0.25) is 0 Å². The summed E-state index contributed by atoms with van der Waals surface area (Å²) in [6.45, 7) is 0.358. The van der Waals surface area contributed by atoms with Crippen LogP contribution in [0.4, 0.5) is 0 Å².